The van der Waals surface area contributed by atoms with Gasteiger partial charge in [0, 0.05) is 19.1 Å². The highest BCUT2D eigenvalue weighted by atomic mass is 16.5. The third-order valence-corrected chi connectivity index (χ3v) is 2.98. The summed E-state index contributed by atoms with van der Waals surface area (Å²) < 4.78 is 5.28. The first kappa shape index (κ1) is 12.4. The summed E-state index contributed by atoms with van der Waals surface area (Å²) >= 11 is 0. The van der Waals surface area contributed by atoms with Crippen molar-refractivity contribution in [3.8, 4) is 0 Å². The smallest absolute Gasteiger partial charge is 0.232 e. The molecular formula is C10H19NO4. The van der Waals surface area contributed by atoms with Crippen molar-refractivity contribution in [2.75, 3.05) is 27.0 Å². The SMILES string of the molecule is COC1C(CO)C(=O)N(CO)CC1(C)C. The normalized spacial score (nSPS) is 30.7. The van der Waals surface area contributed by atoms with E-state index in [1.165, 1.54) is 12.0 Å². The van der Waals surface area contributed by atoms with E-state index in [4.69, 9.17) is 9.84 Å². The minimum Gasteiger partial charge on any atom is -0.395 e. The summed E-state index contributed by atoms with van der Waals surface area (Å²) in [6.07, 6.45) is -0.308. The van der Waals surface area contributed by atoms with E-state index < -0.39 is 5.92 Å². The Morgan fingerprint density at radius 3 is 2.53 bits per heavy atom. The Bertz CT molecular complexity index is 242. The Hall–Kier alpha value is -0.650. The number of methoxy groups -OCH3 is 1. The summed E-state index contributed by atoms with van der Waals surface area (Å²) in [5.74, 6) is -0.822. The molecule has 15 heavy (non-hydrogen) atoms. The number of ether oxygens (including phenoxy) is 1. The van der Waals surface area contributed by atoms with Crippen LogP contribution in [0.5, 0.6) is 0 Å². The fourth-order valence-electron chi connectivity index (χ4n) is 2.35. The zero-order valence-electron chi connectivity index (χ0n) is 9.43. The number of rotatable bonds is 3. The van der Waals surface area contributed by atoms with E-state index in [9.17, 15) is 9.90 Å². The Balaban J connectivity index is 2.94. The molecule has 2 atom stereocenters. The van der Waals surface area contributed by atoms with E-state index in [2.05, 4.69) is 0 Å². The van der Waals surface area contributed by atoms with Gasteiger partial charge in [0.15, 0.2) is 0 Å². The number of likely N-dealkylation sites (tertiary alicyclic amines) is 1. The van der Waals surface area contributed by atoms with Gasteiger partial charge >= 0.3 is 0 Å². The number of carbonyl (C=O) groups is 1. The summed E-state index contributed by atoms with van der Waals surface area (Å²) in [6, 6.07) is 0. The van der Waals surface area contributed by atoms with Crippen molar-refractivity contribution in [1.82, 2.24) is 4.90 Å². The molecule has 0 saturated carbocycles. The molecule has 1 aliphatic rings. The summed E-state index contributed by atoms with van der Waals surface area (Å²) in [7, 11) is 1.54. The molecule has 2 unspecified atom stereocenters. The van der Waals surface area contributed by atoms with E-state index in [1.54, 1.807) is 0 Å². The van der Waals surface area contributed by atoms with E-state index in [0.29, 0.717) is 6.54 Å². The molecule has 0 aliphatic carbocycles. The van der Waals surface area contributed by atoms with Gasteiger partial charge in [-0.25, -0.2) is 0 Å². The molecule has 0 spiro atoms. The van der Waals surface area contributed by atoms with Gasteiger partial charge in [-0.3, -0.25) is 4.79 Å². The third kappa shape index (κ3) is 2.14. The molecule has 5 heteroatoms. The van der Waals surface area contributed by atoms with Crippen LogP contribution >= 0.6 is 0 Å². The molecule has 0 radical (unpaired) electrons. The zero-order valence-corrected chi connectivity index (χ0v) is 9.43. The van der Waals surface area contributed by atoms with Crippen LogP contribution in [0.1, 0.15) is 13.8 Å². The van der Waals surface area contributed by atoms with Crippen LogP contribution in [0.4, 0.5) is 0 Å². The van der Waals surface area contributed by atoms with Crippen LogP contribution in [0, 0.1) is 11.3 Å². The molecule has 5 nitrogen and oxygen atoms in total. The van der Waals surface area contributed by atoms with Gasteiger partial charge in [0.05, 0.1) is 18.6 Å². The monoisotopic (exact) mass is 217 g/mol. The average molecular weight is 217 g/mol. The van der Waals surface area contributed by atoms with E-state index in [1.807, 2.05) is 13.8 Å². The highest BCUT2D eigenvalue weighted by Crippen LogP contribution is 2.35. The van der Waals surface area contributed by atoms with Crippen LogP contribution in [0.25, 0.3) is 0 Å². The predicted octanol–water partition coefficient (Wildman–Crippen LogP) is -0.572. The molecule has 88 valence electrons. The Morgan fingerprint density at radius 1 is 1.53 bits per heavy atom. The second kappa shape index (κ2) is 4.47. The average Bonchev–Trinajstić information content (AvgIpc) is 2.19. The molecular weight excluding hydrogens is 198 g/mol. The van der Waals surface area contributed by atoms with Gasteiger partial charge in [-0.15, -0.1) is 0 Å². The Labute approximate surface area is 89.6 Å². The number of hydrogen-bond donors (Lipinski definition) is 2. The first-order chi connectivity index (χ1) is 6.97. The summed E-state index contributed by atoms with van der Waals surface area (Å²) in [6.45, 7) is 3.79. The van der Waals surface area contributed by atoms with Crippen molar-refractivity contribution < 1.29 is 19.7 Å². The fraction of sp³-hybridized carbons (Fsp3) is 0.900. The predicted molar refractivity (Wildman–Crippen MR) is 54.0 cm³/mol. The van der Waals surface area contributed by atoms with Gasteiger partial charge in [0.2, 0.25) is 5.91 Å². The molecule has 2 N–H and O–H groups in total. The van der Waals surface area contributed by atoms with Gasteiger partial charge in [-0.05, 0) is 0 Å². The van der Waals surface area contributed by atoms with Crippen LogP contribution < -0.4 is 0 Å². The Morgan fingerprint density at radius 2 is 2.13 bits per heavy atom. The lowest BCUT2D eigenvalue weighted by Crippen LogP contribution is -2.59. The summed E-state index contributed by atoms with van der Waals surface area (Å²) in [4.78, 5) is 13.1. The molecule has 1 heterocycles. The van der Waals surface area contributed by atoms with Gasteiger partial charge in [0.1, 0.15) is 6.73 Å². The maximum absolute atomic E-state index is 11.8. The summed E-state index contributed by atoms with van der Waals surface area (Å²) in [5.41, 5.74) is -0.265. The molecule has 0 bridgehead atoms. The van der Waals surface area contributed by atoms with Crippen LogP contribution in [-0.4, -0.2) is 54.1 Å². The molecule has 1 aliphatic heterocycles. The first-order valence-corrected chi connectivity index (χ1v) is 5.01. The molecule has 1 saturated heterocycles. The van der Waals surface area contributed by atoms with Crippen molar-refractivity contribution in [1.29, 1.82) is 0 Å². The third-order valence-electron chi connectivity index (χ3n) is 2.98. The van der Waals surface area contributed by atoms with Gasteiger partial charge in [0.25, 0.3) is 0 Å². The number of aliphatic hydroxyl groups is 2. The minimum atomic E-state index is -0.578. The number of aliphatic hydroxyl groups excluding tert-OH is 2. The molecule has 0 aromatic rings. The van der Waals surface area contributed by atoms with E-state index >= 15 is 0 Å². The summed E-state index contributed by atoms with van der Waals surface area (Å²) in [5, 5.41) is 18.2. The van der Waals surface area contributed by atoms with Crippen LogP contribution in [0.2, 0.25) is 0 Å². The highest BCUT2D eigenvalue weighted by Gasteiger charge is 2.46. The van der Waals surface area contributed by atoms with Gasteiger partial charge in [-0.1, -0.05) is 13.8 Å². The number of piperidine rings is 1. The first-order valence-electron chi connectivity index (χ1n) is 5.01. The second-order valence-electron chi connectivity index (χ2n) is 4.61. The molecule has 0 aromatic carbocycles. The Kier molecular flexibility index (Phi) is 3.70. The fourth-order valence-corrected chi connectivity index (χ4v) is 2.35. The minimum absolute atomic E-state index is 0.244. The van der Waals surface area contributed by atoms with Crippen LogP contribution in [-0.2, 0) is 9.53 Å². The quantitative estimate of drug-likeness (QED) is 0.664. The lowest BCUT2D eigenvalue weighted by atomic mass is 9.75. The van der Waals surface area contributed by atoms with Crippen molar-refractivity contribution >= 4 is 5.91 Å². The number of carbonyl (C=O) groups excluding carboxylic acids is 1. The van der Waals surface area contributed by atoms with Crippen LogP contribution in [0.15, 0.2) is 0 Å². The van der Waals surface area contributed by atoms with Crippen molar-refractivity contribution in [2.24, 2.45) is 11.3 Å². The molecule has 1 rings (SSSR count). The van der Waals surface area contributed by atoms with Gasteiger partial charge in [-0.2, -0.15) is 0 Å². The number of amides is 1. The van der Waals surface area contributed by atoms with E-state index in [0.717, 1.165) is 0 Å². The van der Waals surface area contributed by atoms with Crippen molar-refractivity contribution in [3.05, 3.63) is 0 Å². The highest BCUT2D eigenvalue weighted by molar-refractivity contribution is 5.80. The van der Waals surface area contributed by atoms with E-state index in [-0.39, 0.29) is 30.8 Å². The molecule has 1 fully saturated rings. The largest absolute Gasteiger partial charge is 0.395 e. The van der Waals surface area contributed by atoms with Crippen molar-refractivity contribution in [3.63, 3.8) is 0 Å². The van der Waals surface area contributed by atoms with Crippen LogP contribution in [0.3, 0.4) is 0 Å². The number of nitrogens with zero attached hydrogens (tertiary/aromatic N) is 1. The maximum atomic E-state index is 11.8. The lowest BCUT2D eigenvalue weighted by Gasteiger charge is -2.46. The molecule has 0 aromatic heterocycles. The van der Waals surface area contributed by atoms with Crippen molar-refractivity contribution in [2.45, 2.75) is 20.0 Å². The second-order valence-corrected chi connectivity index (χ2v) is 4.61. The topological polar surface area (TPSA) is 70.0 Å². The molecule has 1 amide bonds. The maximum Gasteiger partial charge on any atom is 0.232 e. The zero-order chi connectivity index (χ0) is 11.6. The standard InChI is InChI=1S/C10H19NO4/c1-10(2)5-11(6-13)9(14)7(4-12)8(10)15-3/h7-8,12-13H,4-6H2,1-3H3. The lowest BCUT2D eigenvalue weighted by molar-refractivity contribution is -0.168. The number of hydrogen-bond acceptors (Lipinski definition) is 4. The van der Waals surface area contributed by atoms with Gasteiger partial charge < -0.3 is 19.8 Å².